The zero-order chi connectivity index (χ0) is 14.2. The maximum Gasteiger partial charge on any atom is 0.329 e. The van der Waals surface area contributed by atoms with Gasteiger partial charge in [0.25, 0.3) is 0 Å². The molecule has 0 amide bonds. The van der Waals surface area contributed by atoms with E-state index in [0.717, 1.165) is 16.6 Å². The summed E-state index contributed by atoms with van der Waals surface area (Å²) in [6.45, 7) is 9.59. The van der Waals surface area contributed by atoms with Gasteiger partial charge in [0.1, 0.15) is 0 Å². The molecule has 0 aliphatic heterocycles. The Hall–Kier alpha value is -1.55. The minimum Gasteiger partial charge on any atom is -0.324 e. The Morgan fingerprint density at radius 3 is 2.21 bits per heavy atom. The van der Waals surface area contributed by atoms with Gasteiger partial charge in [0.2, 0.25) is 0 Å². The van der Waals surface area contributed by atoms with Crippen molar-refractivity contribution in [2.45, 2.75) is 46.8 Å². The van der Waals surface area contributed by atoms with Gasteiger partial charge in [-0.05, 0) is 37.5 Å². The summed E-state index contributed by atoms with van der Waals surface area (Å²) in [5.74, 6) is 0.382. The predicted octanol–water partition coefficient (Wildman–Crippen LogP) is 2.50. The van der Waals surface area contributed by atoms with E-state index in [-0.39, 0.29) is 11.7 Å². The molecule has 0 fully saturated rings. The normalized spacial score (nSPS) is 13.4. The van der Waals surface area contributed by atoms with Crippen molar-refractivity contribution in [1.82, 2.24) is 9.13 Å². The topological polar surface area (TPSA) is 53.0 Å². The number of imidazole rings is 1. The summed E-state index contributed by atoms with van der Waals surface area (Å²) in [5, 5.41) is 0. The molecule has 1 aromatic carbocycles. The second-order valence-electron chi connectivity index (χ2n) is 5.29. The van der Waals surface area contributed by atoms with Gasteiger partial charge in [-0.1, -0.05) is 19.9 Å². The fourth-order valence-corrected chi connectivity index (χ4v) is 2.54. The van der Waals surface area contributed by atoms with Gasteiger partial charge >= 0.3 is 5.69 Å². The maximum atomic E-state index is 12.3. The highest BCUT2D eigenvalue weighted by molar-refractivity contribution is 5.77. The highest BCUT2D eigenvalue weighted by Crippen LogP contribution is 2.23. The third-order valence-electron chi connectivity index (χ3n) is 3.78. The van der Waals surface area contributed by atoms with Crippen LogP contribution in [0.2, 0.25) is 0 Å². The Kier molecular flexibility index (Phi) is 3.80. The average molecular weight is 261 g/mol. The van der Waals surface area contributed by atoms with Crippen molar-refractivity contribution in [3.05, 3.63) is 34.2 Å². The Balaban J connectivity index is 2.69. The summed E-state index contributed by atoms with van der Waals surface area (Å²) in [7, 11) is 0. The molecular formula is C15H23N3O. The standard InChI is InChI=1S/C15H23N3O/c1-5-17-12-8-7-11(14(16)10(3)4)9-13(12)18(6-2)15(17)19/h7-10,14H,5-6,16H2,1-4H3. The lowest BCUT2D eigenvalue weighted by atomic mass is 9.97. The number of benzene rings is 1. The molecule has 2 rings (SSSR count). The fourth-order valence-electron chi connectivity index (χ4n) is 2.54. The van der Waals surface area contributed by atoms with Crippen molar-refractivity contribution >= 4 is 11.0 Å². The highest BCUT2D eigenvalue weighted by atomic mass is 16.1. The van der Waals surface area contributed by atoms with Gasteiger partial charge in [0.05, 0.1) is 11.0 Å². The summed E-state index contributed by atoms with van der Waals surface area (Å²) in [6.07, 6.45) is 0. The third-order valence-corrected chi connectivity index (χ3v) is 3.78. The van der Waals surface area contributed by atoms with Gasteiger partial charge in [0, 0.05) is 19.1 Å². The summed E-state index contributed by atoms with van der Waals surface area (Å²) >= 11 is 0. The van der Waals surface area contributed by atoms with E-state index < -0.39 is 0 Å². The minimum absolute atomic E-state index is 0.00906. The molecule has 1 atom stereocenters. The molecule has 2 N–H and O–H groups in total. The molecule has 0 aliphatic carbocycles. The SMILES string of the molecule is CCn1c(=O)n(CC)c2cc(C(N)C(C)C)ccc21. The van der Waals surface area contributed by atoms with Crippen LogP contribution in [0.3, 0.4) is 0 Å². The van der Waals surface area contributed by atoms with E-state index in [1.54, 1.807) is 0 Å². The summed E-state index contributed by atoms with van der Waals surface area (Å²) < 4.78 is 3.62. The summed E-state index contributed by atoms with van der Waals surface area (Å²) in [4.78, 5) is 12.3. The van der Waals surface area contributed by atoms with Crippen LogP contribution in [0.4, 0.5) is 0 Å². The summed E-state index contributed by atoms with van der Waals surface area (Å²) in [6, 6.07) is 6.13. The Labute approximate surface area is 113 Å². The van der Waals surface area contributed by atoms with Crippen molar-refractivity contribution in [2.75, 3.05) is 0 Å². The van der Waals surface area contributed by atoms with Crippen LogP contribution in [0.25, 0.3) is 11.0 Å². The average Bonchev–Trinajstić information content (AvgIpc) is 2.67. The van der Waals surface area contributed by atoms with Crippen LogP contribution < -0.4 is 11.4 Å². The van der Waals surface area contributed by atoms with E-state index >= 15 is 0 Å². The van der Waals surface area contributed by atoms with Crippen LogP contribution in [-0.4, -0.2) is 9.13 Å². The van der Waals surface area contributed by atoms with Crippen LogP contribution in [0, 0.1) is 5.92 Å². The molecule has 0 aliphatic rings. The van der Waals surface area contributed by atoms with Crippen molar-refractivity contribution < 1.29 is 0 Å². The lowest BCUT2D eigenvalue weighted by Crippen LogP contribution is -2.23. The van der Waals surface area contributed by atoms with Crippen molar-refractivity contribution in [2.24, 2.45) is 11.7 Å². The Morgan fingerprint density at radius 1 is 1.11 bits per heavy atom. The quantitative estimate of drug-likeness (QED) is 0.919. The number of aromatic nitrogens is 2. The van der Waals surface area contributed by atoms with E-state index in [1.807, 2.05) is 35.1 Å². The van der Waals surface area contributed by atoms with Crippen molar-refractivity contribution in [3.63, 3.8) is 0 Å². The van der Waals surface area contributed by atoms with Gasteiger partial charge in [-0.3, -0.25) is 9.13 Å². The number of fused-ring (bicyclic) bond motifs is 1. The molecule has 0 saturated carbocycles. The number of nitrogens with zero attached hydrogens (tertiary/aromatic N) is 2. The molecule has 1 heterocycles. The van der Waals surface area contributed by atoms with Crippen molar-refractivity contribution in [1.29, 1.82) is 0 Å². The Morgan fingerprint density at radius 2 is 1.68 bits per heavy atom. The first-order valence-corrected chi connectivity index (χ1v) is 6.99. The zero-order valence-electron chi connectivity index (χ0n) is 12.2. The van der Waals surface area contributed by atoms with E-state index in [2.05, 4.69) is 19.9 Å². The van der Waals surface area contributed by atoms with Gasteiger partial charge in [0.15, 0.2) is 0 Å². The first-order chi connectivity index (χ1) is 9.01. The first kappa shape index (κ1) is 13.9. The summed E-state index contributed by atoms with van der Waals surface area (Å²) in [5.41, 5.74) is 9.35. The molecule has 0 radical (unpaired) electrons. The first-order valence-electron chi connectivity index (χ1n) is 6.99. The van der Waals surface area contributed by atoms with E-state index in [9.17, 15) is 4.79 Å². The smallest absolute Gasteiger partial charge is 0.324 e. The number of hydrogen-bond donors (Lipinski definition) is 1. The van der Waals surface area contributed by atoms with Crippen LogP contribution in [0.1, 0.15) is 39.3 Å². The number of rotatable bonds is 4. The molecule has 2 aromatic rings. The van der Waals surface area contributed by atoms with Gasteiger partial charge in [-0.25, -0.2) is 4.79 Å². The number of hydrogen-bond acceptors (Lipinski definition) is 2. The van der Waals surface area contributed by atoms with E-state index in [0.29, 0.717) is 19.0 Å². The number of nitrogens with two attached hydrogens (primary N) is 1. The Bertz CT molecular complexity index is 637. The molecule has 4 heteroatoms. The van der Waals surface area contributed by atoms with Crippen LogP contribution in [-0.2, 0) is 13.1 Å². The van der Waals surface area contributed by atoms with E-state index in [4.69, 9.17) is 5.73 Å². The molecule has 0 saturated heterocycles. The van der Waals surface area contributed by atoms with Gasteiger partial charge in [-0.15, -0.1) is 0 Å². The molecule has 4 nitrogen and oxygen atoms in total. The predicted molar refractivity (Wildman–Crippen MR) is 79.3 cm³/mol. The van der Waals surface area contributed by atoms with Gasteiger partial charge in [-0.2, -0.15) is 0 Å². The maximum absolute atomic E-state index is 12.3. The molecule has 0 spiro atoms. The molecule has 19 heavy (non-hydrogen) atoms. The lowest BCUT2D eigenvalue weighted by molar-refractivity contribution is 0.514. The second-order valence-corrected chi connectivity index (χ2v) is 5.29. The monoisotopic (exact) mass is 261 g/mol. The molecule has 104 valence electrons. The van der Waals surface area contributed by atoms with Crippen LogP contribution in [0.5, 0.6) is 0 Å². The zero-order valence-corrected chi connectivity index (χ0v) is 12.2. The second kappa shape index (κ2) is 5.21. The fraction of sp³-hybridized carbons (Fsp3) is 0.533. The van der Waals surface area contributed by atoms with Gasteiger partial charge < -0.3 is 5.73 Å². The molecule has 1 aromatic heterocycles. The van der Waals surface area contributed by atoms with Crippen LogP contribution >= 0.6 is 0 Å². The van der Waals surface area contributed by atoms with E-state index in [1.165, 1.54) is 0 Å². The van der Waals surface area contributed by atoms with Crippen LogP contribution in [0.15, 0.2) is 23.0 Å². The molecule has 0 bridgehead atoms. The largest absolute Gasteiger partial charge is 0.329 e. The molecule has 1 unspecified atom stereocenters. The lowest BCUT2D eigenvalue weighted by Gasteiger charge is -2.16. The highest BCUT2D eigenvalue weighted by Gasteiger charge is 2.15. The third kappa shape index (κ3) is 2.21. The minimum atomic E-state index is 0.00906. The molecular weight excluding hydrogens is 238 g/mol. The number of aryl methyl sites for hydroxylation is 2. The van der Waals surface area contributed by atoms with Crippen molar-refractivity contribution in [3.8, 4) is 0 Å².